The highest BCUT2D eigenvalue weighted by molar-refractivity contribution is 6.30. The van der Waals surface area contributed by atoms with Gasteiger partial charge >= 0.3 is 5.97 Å². The van der Waals surface area contributed by atoms with Crippen molar-refractivity contribution in [3.63, 3.8) is 0 Å². The van der Waals surface area contributed by atoms with Gasteiger partial charge in [0.25, 0.3) is 5.91 Å². The Labute approximate surface area is 209 Å². The first-order valence-corrected chi connectivity index (χ1v) is 11.8. The Morgan fingerprint density at radius 2 is 1.71 bits per heavy atom. The zero-order valence-electron chi connectivity index (χ0n) is 20.2. The van der Waals surface area contributed by atoms with Gasteiger partial charge in [-0.1, -0.05) is 68.8 Å². The van der Waals surface area contributed by atoms with Gasteiger partial charge in [0.1, 0.15) is 12.2 Å². The third kappa shape index (κ3) is 5.09. The molecule has 0 saturated carbocycles. The summed E-state index contributed by atoms with van der Waals surface area (Å²) in [7, 11) is 0. The van der Waals surface area contributed by atoms with Gasteiger partial charge in [0.05, 0.1) is 6.42 Å². The minimum atomic E-state index is -1.20. The second-order valence-electron chi connectivity index (χ2n) is 10.1. The number of carboxylic acid groups (broad SMARTS) is 1. The number of aliphatic carboxylic acids is 1. The van der Waals surface area contributed by atoms with Gasteiger partial charge in [-0.2, -0.15) is 0 Å². The van der Waals surface area contributed by atoms with Crippen LogP contribution in [-0.2, 0) is 14.3 Å². The standard InChI is InChI=1S/C28H28ClNO5/c1-16(31)18-7-5-9-20-19(18)8-6-10-21(20)26-22-13-17(29)11-12-23(22)30(15-28(2,3)4)27(34)24(35-26)14-25(32)33/h5-13,24,26H,14-15H2,1-4H3,(H,32,33)/t24-,26-/m1/s1. The number of benzene rings is 3. The molecule has 0 aromatic heterocycles. The van der Waals surface area contributed by atoms with Crippen molar-refractivity contribution in [2.24, 2.45) is 5.41 Å². The monoisotopic (exact) mass is 493 g/mol. The van der Waals surface area contributed by atoms with E-state index in [1.54, 1.807) is 29.2 Å². The number of rotatable bonds is 5. The van der Waals surface area contributed by atoms with Crippen molar-refractivity contribution >= 4 is 45.7 Å². The zero-order valence-corrected chi connectivity index (χ0v) is 20.9. The highest BCUT2D eigenvalue weighted by Crippen LogP contribution is 2.43. The first-order chi connectivity index (χ1) is 16.5. The summed E-state index contributed by atoms with van der Waals surface area (Å²) in [6.07, 6.45) is -2.44. The van der Waals surface area contributed by atoms with Crippen molar-refractivity contribution in [3.05, 3.63) is 76.3 Å². The highest BCUT2D eigenvalue weighted by Gasteiger charge is 2.39. The van der Waals surface area contributed by atoms with Crippen LogP contribution in [0, 0.1) is 5.41 Å². The molecule has 3 aromatic carbocycles. The quantitative estimate of drug-likeness (QED) is 0.438. The molecule has 0 aliphatic carbocycles. The largest absolute Gasteiger partial charge is 0.481 e. The Morgan fingerprint density at radius 1 is 1.03 bits per heavy atom. The van der Waals surface area contributed by atoms with Crippen molar-refractivity contribution in [3.8, 4) is 0 Å². The molecule has 1 N–H and O–H groups in total. The van der Waals surface area contributed by atoms with Gasteiger partial charge in [-0.25, -0.2) is 0 Å². The number of hydrogen-bond donors (Lipinski definition) is 1. The molecule has 2 atom stereocenters. The lowest BCUT2D eigenvalue weighted by Gasteiger charge is -2.31. The number of anilines is 1. The maximum atomic E-state index is 13.7. The summed E-state index contributed by atoms with van der Waals surface area (Å²) >= 11 is 6.41. The Balaban J connectivity index is 1.99. The molecule has 0 bridgehead atoms. The van der Waals surface area contributed by atoms with E-state index >= 15 is 0 Å². The number of carbonyl (C=O) groups is 3. The molecule has 0 saturated heterocycles. The predicted molar refractivity (Wildman–Crippen MR) is 136 cm³/mol. The molecule has 1 heterocycles. The molecule has 0 radical (unpaired) electrons. The fourth-order valence-corrected chi connectivity index (χ4v) is 4.79. The van der Waals surface area contributed by atoms with E-state index in [1.807, 2.05) is 51.1 Å². The Bertz CT molecular complexity index is 1330. The van der Waals surface area contributed by atoms with E-state index in [4.69, 9.17) is 16.3 Å². The van der Waals surface area contributed by atoms with E-state index in [1.165, 1.54) is 6.92 Å². The van der Waals surface area contributed by atoms with Crippen LogP contribution in [-0.4, -0.2) is 35.4 Å². The van der Waals surface area contributed by atoms with Crippen LogP contribution >= 0.6 is 11.6 Å². The molecule has 6 nitrogen and oxygen atoms in total. The van der Waals surface area contributed by atoms with Crippen molar-refractivity contribution < 1.29 is 24.2 Å². The van der Waals surface area contributed by atoms with E-state index in [2.05, 4.69) is 0 Å². The molecular weight excluding hydrogens is 466 g/mol. The maximum Gasteiger partial charge on any atom is 0.306 e. The second-order valence-corrected chi connectivity index (χ2v) is 10.5. The van der Waals surface area contributed by atoms with Crippen LogP contribution in [0.25, 0.3) is 10.8 Å². The molecule has 1 aliphatic heterocycles. The smallest absolute Gasteiger partial charge is 0.306 e. The van der Waals surface area contributed by atoms with Crippen molar-refractivity contribution in [2.75, 3.05) is 11.4 Å². The number of carboxylic acids is 1. The summed E-state index contributed by atoms with van der Waals surface area (Å²) in [5, 5.41) is 11.6. The van der Waals surface area contributed by atoms with Crippen LogP contribution < -0.4 is 4.90 Å². The number of nitrogens with zero attached hydrogens (tertiary/aromatic N) is 1. The van der Waals surface area contributed by atoms with Crippen LogP contribution in [0.15, 0.2) is 54.6 Å². The molecule has 0 spiro atoms. The topological polar surface area (TPSA) is 83.9 Å². The predicted octanol–water partition coefficient (Wildman–Crippen LogP) is 6.04. The summed E-state index contributed by atoms with van der Waals surface area (Å²) in [4.78, 5) is 39.2. The Hall–Kier alpha value is -3.22. The third-order valence-corrected chi connectivity index (χ3v) is 6.25. The number of ketones is 1. The summed E-state index contributed by atoms with van der Waals surface area (Å²) in [6.45, 7) is 7.93. The summed E-state index contributed by atoms with van der Waals surface area (Å²) < 4.78 is 6.34. The number of ether oxygens (including phenoxy) is 1. The summed E-state index contributed by atoms with van der Waals surface area (Å²) in [5.41, 5.74) is 2.36. The third-order valence-electron chi connectivity index (χ3n) is 6.01. The van der Waals surface area contributed by atoms with Gasteiger partial charge in [0.2, 0.25) is 0 Å². The molecule has 182 valence electrons. The number of fused-ring (bicyclic) bond motifs is 2. The van der Waals surface area contributed by atoms with Gasteiger partial charge in [0.15, 0.2) is 5.78 Å². The first-order valence-electron chi connectivity index (χ1n) is 11.5. The molecule has 1 amide bonds. The normalized spacial score (nSPS) is 18.3. The van der Waals surface area contributed by atoms with Crippen LogP contribution in [0.4, 0.5) is 5.69 Å². The first kappa shape index (κ1) is 24.9. The number of Topliss-reactive ketones (excluding diaryl/α,β-unsaturated/α-hetero) is 1. The lowest BCUT2D eigenvalue weighted by molar-refractivity contribution is -0.147. The van der Waals surface area contributed by atoms with E-state index in [0.717, 1.165) is 16.3 Å². The summed E-state index contributed by atoms with van der Waals surface area (Å²) in [5.74, 6) is -1.59. The number of halogens is 1. The van der Waals surface area contributed by atoms with Gasteiger partial charge < -0.3 is 14.7 Å². The van der Waals surface area contributed by atoms with Gasteiger partial charge in [-0.15, -0.1) is 0 Å². The molecule has 0 fully saturated rings. The molecule has 35 heavy (non-hydrogen) atoms. The van der Waals surface area contributed by atoms with E-state index in [9.17, 15) is 19.5 Å². The Morgan fingerprint density at radius 3 is 2.37 bits per heavy atom. The molecule has 4 rings (SSSR count). The number of hydrogen-bond acceptors (Lipinski definition) is 4. The SMILES string of the molecule is CC(=O)c1cccc2c([C@H]3O[C@H](CC(=O)O)C(=O)N(CC(C)(C)C)c4ccc(Cl)cc43)cccc12. The molecule has 1 aliphatic rings. The van der Waals surface area contributed by atoms with Crippen LogP contribution in [0.2, 0.25) is 5.02 Å². The lowest BCUT2D eigenvalue weighted by Crippen LogP contribution is -2.44. The fourth-order valence-electron chi connectivity index (χ4n) is 4.61. The van der Waals surface area contributed by atoms with E-state index in [0.29, 0.717) is 28.4 Å². The van der Waals surface area contributed by atoms with E-state index in [-0.39, 0.29) is 11.2 Å². The molecule has 3 aromatic rings. The minimum absolute atomic E-state index is 0.0618. The number of amides is 1. The van der Waals surface area contributed by atoms with Gasteiger partial charge in [-0.3, -0.25) is 14.4 Å². The average Bonchev–Trinajstić information content (AvgIpc) is 2.87. The average molecular weight is 494 g/mol. The minimum Gasteiger partial charge on any atom is -0.481 e. The Kier molecular flexibility index (Phi) is 6.71. The molecule has 7 heteroatoms. The lowest BCUT2D eigenvalue weighted by atomic mass is 9.91. The van der Waals surface area contributed by atoms with Crippen molar-refractivity contribution in [1.82, 2.24) is 0 Å². The molecular formula is C28H28ClNO5. The van der Waals surface area contributed by atoms with Crippen molar-refractivity contribution in [2.45, 2.75) is 46.3 Å². The van der Waals surface area contributed by atoms with Crippen LogP contribution in [0.5, 0.6) is 0 Å². The van der Waals surface area contributed by atoms with Crippen LogP contribution in [0.1, 0.15) is 61.7 Å². The molecule has 0 unspecified atom stereocenters. The summed E-state index contributed by atoms with van der Waals surface area (Å²) in [6, 6.07) is 16.3. The number of carbonyl (C=O) groups excluding carboxylic acids is 2. The zero-order chi connectivity index (χ0) is 25.5. The maximum absolute atomic E-state index is 13.7. The van der Waals surface area contributed by atoms with Gasteiger partial charge in [-0.05, 0) is 46.9 Å². The second kappa shape index (κ2) is 9.44. The fraction of sp³-hybridized carbons (Fsp3) is 0.321. The van der Waals surface area contributed by atoms with E-state index < -0.39 is 30.5 Å². The van der Waals surface area contributed by atoms with Crippen LogP contribution in [0.3, 0.4) is 0 Å². The van der Waals surface area contributed by atoms with Crippen molar-refractivity contribution in [1.29, 1.82) is 0 Å². The highest BCUT2D eigenvalue weighted by atomic mass is 35.5. The van der Waals surface area contributed by atoms with Gasteiger partial charge in [0, 0.05) is 28.4 Å².